The van der Waals surface area contributed by atoms with Crippen LogP contribution in [0, 0.1) is 12.8 Å². The summed E-state index contributed by atoms with van der Waals surface area (Å²) in [6, 6.07) is 6.40. The van der Waals surface area contributed by atoms with Gasteiger partial charge in [0, 0.05) is 19.0 Å². The molecule has 0 atom stereocenters. The molecule has 1 aromatic rings. The van der Waals surface area contributed by atoms with E-state index in [-0.39, 0.29) is 29.2 Å². The number of nitrogens with two attached hydrogens (primary N) is 1. The number of likely N-dealkylation sites (tertiary alicyclic amines) is 1. The number of sulfonamides is 1. The van der Waals surface area contributed by atoms with Gasteiger partial charge in [0.2, 0.25) is 21.8 Å². The van der Waals surface area contributed by atoms with Crippen molar-refractivity contribution in [2.75, 3.05) is 19.6 Å². The summed E-state index contributed by atoms with van der Waals surface area (Å²) in [5, 5.41) is 0. The number of amides is 2. The number of hydrogen-bond donors (Lipinski definition) is 2. The molecule has 0 saturated carbocycles. The minimum absolute atomic E-state index is 0.128. The Morgan fingerprint density at radius 1 is 1.22 bits per heavy atom. The molecule has 0 spiro atoms. The van der Waals surface area contributed by atoms with Crippen LogP contribution in [0.5, 0.6) is 0 Å². The summed E-state index contributed by atoms with van der Waals surface area (Å²) in [7, 11) is -3.71. The number of aryl methyl sites for hydroxylation is 1. The van der Waals surface area contributed by atoms with Crippen molar-refractivity contribution in [3.05, 3.63) is 29.8 Å². The van der Waals surface area contributed by atoms with E-state index in [2.05, 4.69) is 4.72 Å². The van der Waals surface area contributed by atoms with Crippen molar-refractivity contribution in [3.8, 4) is 0 Å². The summed E-state index contributed by atoms with van der Waals surface area (Å²) in [6.45, 7) is 2.40. The van der Waals surface area contributed by atoms with Crippen LogP contribution in [0.15, 0.2) is 29.2 Å². The van der Waals surface area contributed by atoms with Crippen LogP contribution in [0.2, 0.25) is 0 Å². The second-order valence-electron chi connectivity index (χ2n) is 5.70. The summed E-state index contributed by atoms with van der Waals surface area (Å²) < 4.78 is 26.6. The van der Waals surface area contributed by atoms with Gasteiger partial charge in [-0.25, -0.2) is 13.1 Å². The zero-order valence-corrected chi connectivity index (χ0v) is 13.8. The van der Waals surface area contributed by atoms with Crippen molar-refractivity contribution in [3.63, 3.8) is 0 Å². The predicted molar refractivity (Wildman–Crippen MR) is 84.9 cm³/mol. The Morgan fingerprint density at radius 3 is 2.30 bits per heavy atom. The molecule has 23 heavy (non-hydrogen) atoms. The number of benzene rings is 1. The fourth-order valence-electron chi connectivity index (χ4n) is 2.48. The number of hydrogen-bond acceptors (Lipinski definition) is 4. The standard InChI is InChI=1S/C15H21N3O4S/c1-11-2-4-13(5-3-11)23(21,22)17-10-14(19)18-8-6-12(7-9-18)15(16)20/h2-5,12,17H,6-10H2,1H3,(H2,16,20). The first-order valence-electron chi connectivity index (χ1n) is 7.43. The van der Waals surface area contributed by atoms with Gasteiger partial charge in [-0.3, -0.25) is 9.59 Å². The Kier molecular flexibility index (Phi) is 5.38. The molecule has 2 rings (SSSR count). The number of primary amides is 1. The van der Waals surface area contributed by atoms with Crippen LogP contribution in [0.25, 0.3) is 0 Å². The molecule has 1 aliphatic heterocycles. The van der Waals surface area contributed by atoms with Crippen LogP contribution in [0.1, 0.15) is 18.4 Å². The quantitative estimate of drug-likeness (QED) is 0.786. The van der Waals surface area contributed by atoms with Crippen molar-refractivity contribution in [1.82, 2.24) is 9.62 Å². The Balaban J connectivity index is 1.89. The van der Waals surface area contributed by atoms with Crippen LogP contribution in [0.4, 0.5) is 0 Å². The van der Waals surface area contributed by atoms with Gasteiger partial charge in [-0.2, -0.15) is 0 Å². The normalized spacial score (nSPS) is 16.3. The summed E-state index contributed by atoms with van der Waals surface area (Å²) in [5.74, 6) is -0.857. The zero-order chi connectivity index (χ0) is 17.0. The van der Waals surface area contributed by atoms with E-state index in [9.17, 15) is 18.0 Å². The lowest BCUT2D eigenvalue weighted by Gasteiger charge is -2.30. The molecule has 1 heterocycles. The molecular weight excluding hydrogens is 318 g/mol. The summed E-state index contributed by atoms with van der Waals surface area (Å²) in [6.07, 6.45) is 1.04. The van der Waals surface area contributed by atoms with Gasteiger partial charge < -0.3 is 10.6 Å². The molecule has 1 fully saturated rings. The molecule has 1 aliphatic rings. The van der Waals surface area contributed by atoms with Gasteiger partial charge in [0.05, 0.1) is 11.4 Å². The van der Waals surface area contributed by atoms with Crippen LogP contribution in [-0.2, 0) is 19.6 Å². The number of rotatable bonds is 5. The van der Waals surface area contributed by atoms with Crippen LogP contribution >= 0.6 is 0 Å². The Labute approximate surface area is 135 Å². The highest BCUT2D eigenvalue weighted by Gasteiger charge is 2.26. The van der Waals surface area contributed by atoms with Crippen molar-refractivity contribution in [1.29, 1.82) is 0 Å². The number of piperidine rings is 1. The van der Waals surface area contributed by atoms with Gasteiger partial charge in [0.1, 0.15) is 0 Å². The Morgan fingerprint density at radius 2 is 1.78 bits per heavy atom. The first-order valence-corrected chi connectivity index (χ1v) is 8.91. The largest absolute Gasteiger partial charge is 0.369 e. The highest BCUT2D eigenvalue weighted by Crippen LogP contribution is 2.16. The minimum Gasteiger partial charge on any atom is -0.369 e. The first kappa shape index (κ1) is 17.4. The molecule has 126 valence electrons. The molecule has 0 bridgehead atoms. The zero-order valence-electron chi connectivity index (χ0n) is 13.0. The molecule has 1 saturated heterocycles. The average Bonchev–Trinajstić information content (AvgIpc) is 2.53. The SMILES string of the molecule is Cc1ccc(S(=O)(=O)NCC(=O)N2CCC(C(N)=O)CC2)cc1. The Bertz CT molecular complexity index is 677. The van der Waals surface area contributed by atoms with E-state index in [0.717, 1.165) is 5.56 Å². The number of carbonyl (C=O) groups is 2. The maximum Gasteiger partial charge on any atom is 0.241 e. The predicted octanol–water partition coefficient (Wildman–Crippen LogP) is -0.00278. The second kappa shape index (κ2) is 7.10. The minimum atomic E-state index is -3.71. The lowest BCUT2D eigenvalue weighted by atomic mass is 9.96. The molecular formula is C15H21N3O4S. The molecule has 0 aromatic heterocycles. The second-order valence-corrected chi connectivity index (χ2v) is 7.46. The molecule has 8 heteroatoms. The van der Waals surface area contributed by atoms with Crippen LogP contribution in [0.3, 0.4) is 0 Å². The molecule has 2 amide bonds. The third-order valence-electron chi connectivity index (χ3n) is 3.99. The molecule has 7 nitrogen and oxygen atoms in total. The van der Waals surface area contributed by atoms with Gasteiger partial charge in [-0.15, -0.1) is 0 Å². The van der Waals surface area contributed by atoms with Crippen LogP contribution < -0.4 is 10.5 Å². The van der Waals surface area contributed by atoms with Crippen molar-refractivity contribution in [2.45, 2.75) is 24.7 Å². The van der Waals surface area contributed by atoms with E-state index in [0.29, 0.717) is 25.9 Å². The van der Waals surface area contributed by atoms with Crippen molar-refractivity contribution >= 4 is 21.8 Å². The fourth-order valence-corrected chi connectivity index (χ4v) is 3.46. The average molecular weight is 339 g/mol. The van der Waals surface area contributed by atoms with Gasteiger partial charge in [0.25, 0.3) is 0 Å². The summed E-state index contributed by atoms with van der Waals surface area (Å²) >= 11 is 0. The smallest absolute Gasteiger partial charge is 0.241 e. The van der Waals surface area contributed by atoms with E-state index in [4.69, 9.17) is 5.73 Å². The number of carbonyl (C=O) groups excluding carboxylic acids is 2. The Hall–Kier alpha value is -1.93. The van der Waals surface area contributed by atoms with E-state index in [1.165, 1.54) is 12.1 Å². The van der Waals surface area contributed by atoms with E-state index >= 15 is 0 Å². The third-order valence-corrected chi connectivity index (χ3v) is 5.41. The van der Waals surface area contributed by atoms with E-state index in [1.54, 1.807) is 17.0 Å². The van der Waals surface area contributed by atoms with Gasteiger partial charge in [-0.05, 0) is 31.9 Å². The van der Waals surface area contributed by atoms with E-state index < -0.39 is 10.0 Å². The maximum atomic E-state index is 12.1. The maximum absolute atomic E-state index is 12.1. The number of nitrogens with zero attached hydrogens (tertiary/aromatic N) is 1. The third kappa shape index (κ3) is 4.52. The molecule has 3 N–H and O–H groups in total. The van der Waals surface area contributed by atoms with Gasteiger partial charge in [0.15, 0.2) is 0 Å². The van der Waals surface area contributed by atoms with Gasteiger partial charge in [-0.1, -0.05) is 17.7 Å². The van der Waals surface area contributed by atoms with Crippen molar-refractivity contribution in [2.24, 2.45) is 11.7 Å². The number of nitrogens with one attached hydrogen (secondary N) is 1. The lowest BCUT2D eigenvalue weighted by Crippen LogP contribution is -2.45. The molecule has 1 aromatic carbocycles. The monoisotopic (exact) mass is 339 g/mol. The van der Waals surface area contributed by atoms with Crippen molar-refractivity contribution < 1.29 is 18.0 Å². The topological polar surface area (TPSA) is 110 Å². The lowest BCUT2D eigenvalue weighted by molar-refractivity contribution is -0.133. The molecule has 0 radical (unpaired) electrons. The molecule has 0 unspecified atom stereocenters. The fraction of sp³-hybridized carbons (Fsp3) is 0.467. The first-order chi connectivity index (χ1) is 10.8. The van der Waals surface area contributed by atoms with Crippen LogP contribution in [-0.4, -0.2) is 44.8 Å². The highest BCUT2D eigenvalue weighted by atomic mass is 32.2. The van der Waals surface area contributed by atoms with E-state index in [1.807, 2.05) is 6.92 Å². The summed E-state index contributed by atoms with van der Waals surface area (Å²) in [5.41, 5.74) is 6.20. The van der Waals surface area contributed by atoms with Gasteiger partial charge >= 0.3 is 0 Å². The highest BCUT2D eigenvalue weighted by molar-refractivity contribution is 7.89. The molecule has 0 aliphatic carbocycles. The summed E-state index contributed by atoms with van der Waals surface area (Å²) in [4.78, 5) is 24.9.